The first-order valence-electron chi connectivity index (χ1n) is 9.79. The summed E-state index contributed by atoms with van der Waals surface area (Å²) in [5.41, 5.74) is 0. The molecule has 0 amide bonds. The van der Waals surface area contributed by atoms with Crippen molar-refractivity contribution in [3.63, 3.8) is 0 Å². The van der Waals surface area contributed by atoms with Crippen molar-refractivity contribution in [1.29, 1.82) is 0 Å². The van der Waals surface area contributed by atoms with E-state index in [2.05, 4.69) is 0 Å². The molecular formula is C22H30O8S. The molecular weight excluding hydrogens is 424 g/mol. The minimum absolute atomic E-state index is 0.296. The summed E-state index contributed by atoms with van der Waals surface area (Å²) in [5.74, 6) is 1.67. The summed E-state index contributed by atoms with van der Waals surface area (Å²) in [4.78, 5) is 0. The maximum atomic E-state index is 9.63. The van der Waals surface area contributed by atoms with Crippen molar-refractivity contribution in [2.45, 2.75) is 12.2 Å². The molecule has 0 saturated carbocycles. The van der Waals surface area contributed by atoms with Gasteiger partial charge >= 0.3 is 0 Å². The number of ether oxygens (including phenoxy) is 6. The molecule has 2 unspecified atom stereocenters. The molecule has 9 heteroatoms. The van der Waals surface area contributed by atoms with Crippen LogP contribution in [0.2, 0.25) is 0 Å². The summed E-state index contributed by atoms with van der Waals surface area (Å²) in [7, 11) is -2.67. The first-order valence-corrected chi connectivity index (χ1v) is 12.1. The Labute approximate surface area is 183 Å². The van der Waals surface area contributed by atoms with Crippen LogP contribution in [0.4, 0.5) is 0 Å². The van der Waals surface area contributed by atoms with E-state index in [4.69, 9.17) is 28.4 Å². The first kappa shape index (κ1) is 25.1. The van der Waals surface area contributed by atoms with Crippen LogP contribution in [0.5, 0.6) is 11.5 Å². The predicted molar refractivity (Wildman–Crippen MR) is 116 cm³/mol. The van der Waals surface area contributed by atoms with Gasteiger partial charge in [-0.2, -0.15) is 0 Å². The van der Waals surface area contributed by atoms with Crippen molar-refractivity contribution >= 4 is 9.84 Å². The van der Waals surface area contributed by atoms with E-state index in [1.165, 1.54) is 0 Å². The normalized spacial score (nSPS) is 18.5. The van der Waals surface area contributed by atoms with Gasteiger partial charge in [-0.25, -0.2) is 8.42 Å². The lowest BCUT2D eigenvalue weighted by atomic mass is 10.3. The fraction of sp³-hybridized carbons (Fsp3) is 0.455. The molecule has 0 N–H and O–H groups in total. The zero-order valence-electron chi connectivity index (χ0n) is 17.8. The number of benzene rings is 2. The molecule has 2 fully saturated rings. The monoisotopic (exact) mass is 454 g/mol. The zero-order chi connectivity index (χ0) is 22.4. The van der Waals surface area contributed by atoms with Gasteiger partial charge in [0.05, 0.1) is 26.4 Å². The lowest BCUT2D eigenvalue weighted by Gasteiger charge is -2.05. The fourth-order valence-corrected chi connectivity index (χ4v) is 1.94. The predicted octanol–water partition coefficient (Wildman–Crippen LogP) is 2.54. The molecule has 2 saturated heterocycles. The Kier molecular flexibility index (Phi) is 11.3. The Morgan fingerprint density at radius 2 is 1.06 bits per heavy atom. The first-order chi connectivity index (χ1) is 14.9. The average molecular weight is 455 g/mol. The molecule has 4 rings (SSSR count). The molecule has 0 spiro atoms. The highest BCUT2D eigenvalue weighted by Crippen LogP contribution is 2.11. The molecule has 2 aliphatic heterocycles. The Balaban J connectivity index is 0.000000182. The summed E-state index contributed by atoms with van der Waals surface area (Å²) < 4.78 is 50.3. The third kappa shape index (κ3) is 16.2. The van der Waals surface area contributed by atoms with Crippen molar-refractivity contribution in [3.8, 4) is 11.5 Å². The second-order valence-corrected chi connectivity index (χ2v) is 9.23. The van der Waals surface area contributed by atoms with Gasteiger partial charge in [-0.3, -0.25) is 0 Å². The van der Waals surface area contributed by atoms with Crippen LogP contribution >= 0.6 is 0 Å². The minimum atomic E-state index is -2.67. The highest BCUT2D eigenvalue weighted by atomic mass is 32.2. The van der Waals surface area contributed by atoms with Crippen molar-refractivity contribution in [1.82, 2.24) is 0 Å². The van der Waals surface area contributed by atoms with E-state index in [0.717, 1.165) is 37.2 Å². The van der Waals surface area contributed by atoms with Gasteiger partial charge in [0.25, 0.3) is 0 Å². The quantitative estimate of drug-likeness (QED) is 0.307. The summed E-state index contributed by atoms with van der Waals surface area (Å²) in [6.07, 6.45) is 2.93. The molecule has 0 aromatic heterocycles. The van der Waals surface area contributed by atoms with Crippen LogP contribution in [0, 0.1) is 0 Å². The molecule has 2 aliphatic rings. The molecule has 0 bridgehead atoms. The third-order valence-corrected chi connectivity index (χ3v) is 3.52. The van der Waals surface area contributed by atoms with E-state index in [0.29, 0.717) is 39.0 Å². The second-order valence-electron chi connectivity index (χ2n) is 6.95. The molecule has 2 aromatic carbocycles. The summed E-state index contributed by atoms with van der Waals surface area (Å²) in [6, 6.07) is 19.2. The van der Waals surface area contributed by atoms with Gasteiger partial charge in [-0.05, 0) is 24.3 Å². The standard InChI is InChI=1S/2C10H12O3.C2H6O2S/c2*1-2-4-9(5-3-1)13-8-11-6-10-7-12-10;1-5(2,3)4/h2*1-5,10H,6-8H2;1-2H3. The van der Waals surface area contributed by atoms with Gasteiger partial charge in [-0.1, -0.05) is 36.4 Å². The average Bonchev–Trinajstić information content (AvgIpc) is 3.65. The van der Waals surface area contributed by atoms with Crippen LogP contribution in [0.15, 0.2) is 60.7 Å². The van der Waals surface area contributed by atoms with Crippen LogP contribution in [0.25, 0.3) is 0 Å². The molecule has 8 nitrogen and oxygen atoms in total. The zero-order valence-corrected chi connectivity index (χ0v) is 18.7. The van der Waals surface area contributed by atoms with Crippen LogP contribution in [0.1, 0.15) is 0 Å². The molecule has 0 aliphatic carbocycles. The summed E-state index contributed by atoms with van der Waals surface area (Å²) >= 11 is 0. The van der Waals surface area contributed by atoms with Crippen LogP contribution in [0.3, 0.4) is 0 Å². The molecule has 0 radical (unpaired) electrons. The molecule has 2 aromatic rings. The Morgan fingerprint density at radius 1 is 0.742 bits per heavy atom. The van der Waals surface area contributed by atoms with E-state index in [1.807, 2.05) is 60.7 Å². The van der Waals surface area contributed by atoms with Crippen molar-refractivity contribution in [2.75, 3.05) is 52.5 Å². The van der Waals surface area contributed by atoms with Crippen molar-refractivity contribution in [3.05, 3.63) is 60.7 Å². The fourth-order valence-electron chi connectivity index (χ4n) is 1.94. The second kappa shape index (κ2) is 14.0. The Bertz CT molecular complexity index is 742. The lowest BCUT2D eigenvalue weighted by molar-refractivity contribution is 0.00809. The van der Waals surface area contributed by atoms with E-state index >= 15 is 0 Å². The van der Waals surface area contributed by atoms with Crippen molar-refractivity contribution in [2.24, 2.45) is 0 Å². The van der Waals surface area contributed by atoms with Gasteiger partial charge in [0.1, 0.15) is 33.5 Å². The van der Waals surface area contributed by atoms with Gasteiger partial charge in [0, 0.05) is 12.5 Å². The van der Waals surface area contributed by atoms with Gasteiger partial charge < -0.3 is 28.4 Å². The maximum absolute atomic E-state index is 9.63. The SMILES string of the molecule is CS(C)(=O)=O.c1ccc(OCOCC2CO2)cc1.c1ccc(OCOCC2CO2)cc1. The highest BCUT2D eigenvalue weighted by molar-refractivity contribution is 7.89. The number of para-hydroxylation sites is 2. The van der Waals surface area contributed by atoms with Crippen LogP contribution < -0.4 is 9.47 Å². The summed E-state index contributed by atoms with van der Waals surface area (Å²) in [6.45, 7) is 3.50. The third-order valence-electron chi connectivity index (χ3n) is 3.52. The van der Waals surface area contributed by atoms with Gasteiger partial charge in [0.2, 0.25) is 0 Å². The smallest absolute Gasteiger partial charge is 0.189 e. The Morgan fingerprint density at radius 3 is 1.35 bits per heavy atom. The van der Waals surface area contributed by atoms with E-state index in [9.17, 15) is 8.42 Å². The van der Waals surface area contributed by atoms with E-state index in [-0.39, 0.29) is 0 Å². The largest absolute Gasteiger partial charge is 0.468 e. The number of sulfone groups is 1. The van der Waals surface area contributed by atoms with Crippen LogP contribution in [-0.2, 0) is 28.8 Å². The number of hydrogen-bond donors (Lipinski definition) is 0. The highest BCUT2D eigenvalue weighted by Gasteiger charge is 2.22. The van der Waals surface area contributed by atoms with Gasteiger partial charge in [0.15, 0.2) is 13.6 Å². The van der Waals surface area contributed by atoms with Crippen LogP contribution in [-0.4, -0.2) is 73.2 Å². The molecule has 2 heterocycles. The number of epoxide rings is 2. The molecule has 172 valence electrons. The Hall–Kier alpha value is -2.17. The van der Waals surface area contributed by atoms with E-state index < -0.39 is 9.84 Å². The van der Waals surface area contributed by atoms with Crippen molar-refractivity contribution < 1.29 is 36.8 Å². The number of hydrogen-bond acceptors (Lipinski definition) is 8. The number of rotatable bonds is 10. The lowest BCUT2D eigenvalue weighted by Crippen LogP contribution is -2.07. The topological polar surface area (TPSA) is 96.1 Å². The van der Waals surface area contributed by atoms with E-state index in [1.54, 1.807) is 0 Å². The molecule has 2 atom stereocenters. The molecule has 31 heavy (non-hydrogen) atoms. The maximum Gasteiger partial charge on any atom is 0.189 e. The van der Waals surface area contributed by atoms with Gasteiger partial charge in [-0.15, -0.1) is 0 Å². The summed E-state index contributed by atoms with van der Waals surface area (Å²) in [5, 5.41) is 0. The minimum Gasteiger partial charge on any atom is -0.468 e.